The van der Waals surface area contributed by atoms with Crippen molar-refractivity contribution in [2.75, 3.05) is 13.1 Å². The lowest BCUT2D eigenvalue weighted by Crippen LogP contribution is -2.32. The third-order valence-electron chi connectivity index (χ3n) is 5.83. The van der Waals surface area contributed by atoms with Gasteiger partial charge in [-0.05, 0) is 79.4 Å². The Morgan fingerprint density at radius 3 is 2.13 bits per heavy atom. The summed E-state index contributed by atoms with van der Waals surface area (Å²) in [5.41, 5.74) is 9.19. The van der Waals surface area contributed by atoms with E-state index in [1.54, 1.807) is 24.3 Å². The van der Waals surface area contributed by atoms with E-state index in [0.717, 1.165) is 19.6 Å². The molecule has 0 saturated carbocycles. The van der Waals surface area contributed by atoms with Gasteiger partial charge in [-0.25, -0.2) is 4.79 Å². The van der Waals surface area contributed by atoms with Crippen molar-refractivity contribution in [3.63, 3.8) is 0 Å². The number of carbonyl (C=O) groups excluding carboxylic acids is 1. The Morgan fingerprint density at radius 1 is 0.903 bits per heavy atom. The van der Waals surface area contributed by atoms with Crippen LogP contribution < -0.4 is 10.5 Å². The lowest BCUT2D eigenvalue weighted by Gasteiger charge is -2.32. The smallest absolute Gasteiger partial charge is 0.343 e. The van der Waals surface area contributed by atoms with Gasteiger partial charge in [-0.2, -0.15) is 0 Å². The van der Waals surface area contributed by atoms with E-state index in [4.69, 9.17) is 15.9 Å². The first-order chi connectivity index (χ1) is 15.1. The van der Waals surface area contributed by atoms with E-state index in [1.807, 2.05) is 24.3 Å². The molecule has 3 N–H and O–H groups in total. The number of nitrogens with one attached hydrogen (secondary N) is 1. The molecule has 158 valence electrons. The Hall–Kier alpha value is -3.44. The predicted octanol–water partition coefficient (Wildman–Crippen LogP) is 4.57. The fourth-order valence-electron chi connectivity index (χ4n) is 4.02. The number of nitrogens with two attached hydrogens (primary N) is 1. The molecule has 31 heavy (non-hydrogen) atoms. The molecule has 1 aliphatic rings. The molecule has 4 rings (SSSR count). The van der Waals surface area contributed by atoms with E-state index in [0.29, 0.717) is 22.8 Å². The van der Waals surface area contributed by atoms with Crippen LogP contribution in [-0.4, -0.2) is 29.8 Å². The molecule has 5 nitrogen and oxygen atoms in total. The number of carbonyl (C=O) groups is 1. The SMILES string of the molecule is N=C(N)c1ccc(OC(=O)c2ccc(CN3CCC(c4ccccc4)CC3)cc2)cc1. The number of likely N-dealkylation sites (tertiary alicyclic amines) is 1. The number of nitrogen functional groups attached to an aromatic ring is 1. The van der Waals surface area contributed by atoms with Crippen molar-refractivity contribution >= 4 is 11.8 Å². The number of ether oxygens (including phenoxy) is 1. The monoisotopic (exact) mass is 413 g/mol. The molecular weight excluding hydrogens is 386 g/mol. The van der Waals surface area contributed by atoms with Crippen molar-refractivity contribution in [1.29, 1.82) is 5.41 Å². The van der Waals surface area contributed by atoms with Crippen LogP contribution in [0, 0.1) is 5.41 Å². The summed E-state index contributed by atoms with van der Waals surface area (Å²) in [6.45, 7) is 3.06. The van der Waals surface area contributed by atoms with Crippen LogP contribution in [0.15, 0.2) is 78.9 Å². The highest BCUT2D eigenvalue weighted by molar-refractivity contribution is 5.95. The molecule has 1 heterocycles. The van der Waals surface area contributed by atoms with Crippen molar-refractivity contribution < 1.29 is 9.53 Å². The maximum atomic E-state index is 12.4. The fraction of sp³-hybridized carbons (Fsp3) is 0.231. The highest BCUT2D eigenvalue weighted by atomic mass is 16.5. The lowest BCUT2D eigenvalue weighted by atomic mass is 9.89. The molecule has 0 bridgehead atoms. The molecule has 1 fully saturated rings. The van der Waals surface area contributed by atoms with E-state index >= 15 is 0 Å². The first kappa shape index (κ1) is 20.8. The quantitative estimate of drug-likeness (QED) is 0.269. The highest BCUT2D eigenvalue weighted by Gasteiger charge is 2.20. The standard InChI is InChI=1S/C26H27N3O2/c27-25(28)22-10-12-24(13-11-22)31-26(30)23-8-6-19(7-9-23)18-29-16-14-21(15-17-29)20-4-2-1-3-5-20/h1-13,21H,14-18H2,(H3,27,28). The van der Waals surface area contributed by atoms with Crippen LogP contribution in [0.25, 0.3) is 0 Å². The van der Waals surface area contributed by atoms with Crippen LogP contribution in [0.4, 0.5) is 0 Å². The number of benzene rings is 3. The molecule has 0 atom stereocenters. The molecule has 0 unspecified atom stereocenters. The second kappa shape index (κ2) is 9.58. The van der Waals surface area contributed by atoms with Gasteiger partial charge >= 0.3 is 5.97 Å². The van der Waals surface area contributed by atoms with E-state index in [2.05, 4.69) is 35.2 Å². The van der Waals surface area contributed by atoms with E-state index in [9.17, 15) is 4.79 Å². The molecule has 1 saturated heterocycles. The normalized spacial score (nSPS) is 14.8. The summed E-state index contributed by atoms with van der Waals surface area (Å²) in [4.78, 5) is 14.9. The second-order valence-electron chi connectivity index (χ2n) is 7.99. The van der Waals surface area contributed by atoms with E-state index < -0.39 is 5.97 Å². The number of piperidine rings is 1. The van der Waals surface area contributed by atoms with Gasteiger partial charge < -0.3 is 10.5 Å². The van der Waals surface area contributed by atoms with Gasteiger partial charge in [0.25, 0.3) is 0 Å². The Labute approximate surface area is 183 Å². The van der Waals surface area contributed by atoms with E-state index in [1.165, 1.54) is 24.0 Å². The highest BCUT2D eigenvalue weighted by Crippen LogP contribution is 2.28. The zero-order valence-electron chi connectivity index (χ0n) is 17.5. The first-order valence-corrected chi connectivity index (χ1v) is 10.6. The molecule has 3 aromatic rings. The maximum absolute atomic E-state index is 12.4. The summed E-state index contributed by atoms with van der Waals surface area (Å²) in [6, 6.07) is 25.0. The predicted molar refractivity (Wildman–Crippen MR) is 123 cm³/mol. The summed E-state index contributed by atoms with van der Waals surface area (Å²) in [7, 11) is 0. The van der Waals surface area contributed by atoms with E-state index in [-0.39, 0.29) is 5.84 Å². The zero-order chi connectivity index (χ0) is 21.6. The molecule has 0 radical (unpaired) electrons. The van der Waals surface area contributed by atoms with Gasteiger partial charge in [-0.15, -0.1) is 0 Å². The second-order valence-corrected chi connectivity index (χ2v) is 7.99. The minimum atomic E-state index is -0.397. The van der Waals surface area contributed by atoms with Gasteiger partial charge in [0.1, 0.15) is 11.6 Å². The summed E-state index contributed by atoms with van der Waals surface area (Å²) in [6.07, 6.45) is 2.35. The molecule has 5 heteroatoms. The van der Waals surface area contributed by atoms with Gasteiger partial charge in [0.05, 0.1) is 5.56 Å². The van der Waals surface area contributed by atoms with Crippen molar-refractivity contribution in [2.45, 2.75) is 25.3 Å². The van der Waals surface area contributed by atoms with Crippen LogP contribution in [0.3, 0.4) is 0 Å². The minimum absolute atomic E-state index is 0.0160. The average Bonchev–Trinajstić information content (AvgIpc) is 2.81. The number of hydrogen-bond acceptors (Lipinski definition) is 4. The Bertz CT molecular complexity index is 1020. The fourth-order valence-corrected chi connectivity index (χ4v) is 4.02. The summed E-state index contributed by atoms with van der Waals surface area (Å²) in [5.74, 6) is 0.669. The molecule has 0 aliphatic carbocycles. The number of hydrogen-bond donors (Lipinski definition) is 2. The maximum Gasteiger partial charge on any atom is 0.343 e. The summed E-state index contributed by atoms with van der Waals surface area (Å²) < 4.78 is 5.42. The Kier molecular flexibility index (Phi) is 6.43. The van der Waals surface area contributed by atoms with Gasteiger partial charge in [0.2, 0.25) is 0 Å². The number of nitrogens with zero attached hydrogens (tertiary/aromatic N) is 1. The Balaban J connectivity index is 1.29. The molecule has 0 amide bonds. The lowest BCUT2D eigenvalue weighted by molar-refractivity contribution is 0.0734. The van der Waals surface area contributed by atoms with Crippen LogP contribution in [0.2, 0.25) is 0 Å². The first-order valence-electron chi connectivity index (χ1n) is 10.6. The summed E-state index contributed by atoms with van der Waals surface area (Å²) >= 11 is 0. The average molecular weight is 414 g/mol. The third kappa shape index (κ3) is 5.38. The van der Waals surface area contributed by atoms with Crippen LogP contribution >= 0.6 is 0 Å². The number of rotatable bonds is 6. The molecular formula is C26H27N3O2. The zero-order valence-corrected chi connectivity index (χ0v) is 17.5. The number of esters is 1. The van der Waals surface area contributed by atoms with Crippen molar-refractivity contribution in [3.05, 3.63) is 101 Å². The van der Waals surface area contributed by atoms with Gasteiger partial charge in [0, 0.05) is 12.1 Å². The topological polar surface area (TPSA) is 79.4 Å². The van der Waals surface area contributed by atoms with Crippen LogP contribution in [0.1, 0.15) is 45.8 Å². The molecule has 3 aromatic carbocycles. The molecule has 0 spiro atoms. The number of amidine groups is 1. The van der Waals surface area contributed by atoms with Crippen molar-refractivity contribution in [2.24, 2.45) is 5.73 Å². The van der Waals surface area contributed by atoms with Gasteiger partial charge in [-0.1, -0.05) is 42.5 Å². The Morgan fingerprint density at radius 2 is 1.52 bits per heavy atom. The van der Waals surface area contributed by atoms with Crippen molar-refractivity contribution in [3.8, 4) is 5.75 Å². The largest absolute Gasteiger partial charge is 0.423 e. The summed E-state index contributed by atoms with van der Waals surface area (Å²) in [5, 5.41) is 7.41. The molecule has 1 aliphatic heterocycles. The van der Waals surface area contributed by atoms with Crippen LogP contribution in [-0.2, 0) is 6.54 Å². The van der Waals surface area contributed by atoms with Gasteiger partial charge in [-0.3, -0.25) is 10.3 Å². The van der Waals surface area contributed by atoms with Gasteiger partial charge in [0.15, 0.2) is 0 Å². The molecule has 0 aromatic heterocycles. The third-order valence-corrected chi connectivity index (χ3v) is 5.83. The van der Waals surface area contributed by atoms with Crippen LogP contribution in [0.5, 0.6) is 5.75 Å². The van der Waals surface area contributed by atoms with Crippen molar-refractivity contribution in [1.82, 2.24) is 4.90 Å². The minimum Gasteiger partial charge on any atom is -0.423 e.